The maximum absolute atomic E-state index is 12.9. The highest BCUT2D eigenvalue weighted by Gasteiger charge is 2.22. The Hall–Kier alpha value is -1.37. The third kappa shape index (κ3) is 3.99. The van der Waals surface area contributed by atoms with Crippen molar-refractivity contribution in [3.63, 3.8) is 0 Å². The second-order valence-corrected chi connectivity index (χ2v) is 6.13. The third-order valence-corrected chi connectivity index (χ3v) is 4.04. The molecule has 8 heteroatoms. The van der Waals surface area contributed by atoms with Crippen LogP contribution in [0.1, 0.15) is 42.4 Å². The average molecular weight is 374 g/mol. The highest BCUT2D eigenvalue weighted by atomic mass is 35.5. The maximum atomic E-state index is 12.9. The molecule has 6 nitrogen and oxygen atoms in total. The summed E-state index contributed by atoms with van der Waals surface area (Å²) in [4.78, 5) is 19.4. The van der Waals surface area contributed by atoms with Crippen molar-refractivity contribution in [2.24, 2.45) is 0 Å². The number of aryl methyl sites for hydroxylation is 1. The van der Waals surface area contributed by atoms with E-state index in [1.165, 1.54) is 0 Å². The first-order valence-electron chi connectivity index (χ1n) is 7.93. The molecular weight excluding hydrogens is 349 g/mol. The van der Waals surface area contributed by atoms with Gasteiger partial charge in [0.1, 0.15) is 0 Å². The first-order chi connectivity index (χ1) is 10.6. The van der Waals surface area contributed by atoms with Crippen LogP contribution in [0.5, 0.6) is 0 Å². The monoisotopic (exact) mass is 373 g/mol. The van der Waals surface area contributed by atoms with Crippen LogP contribution in [0.3, 0.4) is 0 Å². The lowest BCUT2D eigenvalue weighted by Gasteiger charge is -2.20. The second-order valence-electron chi connectivity index (χ2n) is 6.13. The first kappa shape index (κ1) is 20.7. The molecule has 1 aliphatic heterocycles. The highest BCUT2D eigenvalue weighted by molar-refractivity contribution is 6.05. The molecule has 0 unspecified atom stereocenters. The van der Waals surface area contributed by atoms with Crippen molar-refractivity contribution in [1.82, 2.24) is 25.0 Å². The standard InChI is InChI=1S/C16H23N5O.2ClH/c1-11(2)21-15-14(10-18-21)13(9-12(3)19-15)16(22)20-7-4-5-17-6-8-20;;/h9-11,17H,4-8H2,1-3H3;2*1H. The fourth-order valence-corrected chi connectivity index (χ4v) is 2.92. The summed E-state index contributed by atoms with van der Waals surface area (Å²) >= 11 is 0. The van der Waals surface area contributed by atoms with Crippen molar-refractivity contribution >= 4 is 41.8 Å². The van der Waals surface area contributed by atoms with E-state index in [0.29, 0.717) is 0 Å². The summed E-state index contributed by atoms with van der Waals surface area (Å²) in [5.74, 6) is 0.0857. The van der Waals surface area contributed by atoms with E-state index < -0.39 is 0 Å². The predicted molar refractivity (Wildman–Crippen MR) is 101 cm³/mol. The SMILES string of the molecule is Cc1cc(C(=O)N2CCCNCC2)c2cnn(C(C)C)c2n1.Cl.Cl. The molecule has 0 spiro atoms. The van der Waals surface area contributed by atoms with Gasteiger partial charge in [0.2, 0.25) is 0 Å². The molecule has 1 aliphatic rings. The number of carbonyl (C=O) groups is 1. The minimum absolute atomic E-state index is 0. The summed E-state index contributed by atoms with van der Waals surface area (Å²) in [7, 11) is 0. The predicted octanol–water partition coefficient (Wildman–Crippen LogP) is 2.60. The summed E-state index contributed by atoms with van der Waals surface area (Å²) in [6, 6.07) is 2.10. The Morgan fingerprint density at radius 2 is 2.00 bits per heavy atom. The van der Waals surface area contributed by atoms with E-state index >= 15 is 0 Å². The highest BCUT2D eigenvalue weighted by Crippen LogP contribution is 2.22. The van der Waals surface area contributed by atoms with Crippen LogP contribution < -0.4 is 5.32 Å². The van der Waals surface area contributed by atoms with Crippen LogP contribution in [0, 0.1) is 6.92 Å². The number of amides is 1. The molecule has 0 atom stereocenters. The van der Waals surface area contributed by atoms with Gasteiger partial charge in [-0.1, -0.05) is 0 Å². The molecule has 1 amide bonds. The summed E-state index contributed by atoms with van der Waals surface area (Å²) in [5, 5.41) is 8.59. The summed E-state index contributed by atoms with van der Waals surface area (Å²) in [5.41, 5.74) is 2.37. The molecule has 0 aliphatic carbocycles. The Labute approximate surface area is 154 Å². The molecule has 24 heavy (non-hydrogen) atoms. The van der Waals surface area contributed by atoms with E-state index in [0.717, 1.165) is 54.9 Å². The number of aromatic nitrogens is 3. The molecule has 1 fully saturated rings. The molecular formula is C16H25Cl2N5O. The van der Waals surface area contributed by atoms with Crippen molar-refractivity contribution in [3.8, 4) is 0 Å². The molecule has 0 bridgehead atoms. The zero-order valence-electron chi connectivity index (χ0n) is 14.3. The molecule has 2 aromatic heterocycles. The number of rotatable bonds is 2. The first-order valence-corrected chi connectivity index (χ1v) is 7.93. The lowest BCUT2D eigenvalue weighted by atomic mass is 10.1. The zero-order chi connectivity index (χ0) is 15.7. The molecule has 3 heterocycles. The quantitative estimate of drug-likeness (QED) is 0.878. The minimum atomic E-state index is 0. The Morgan fingerprint density at radius 1 is 1.25 bits per heavy atom. The second kappa shape index (κ2) is 8.65. The van der Waals surface area contributed by atoms with Gasteiger partial charge in [-0.3, -0.25) is 4.79 Å². The van der Waals surface area contributed by atoms with E-state index in [-0.39, 0.29) is 36.8 Å². The van der Waals surface area contributed by atoms with Gasteiger partial charge in [-0.15, -0.1) is 24.8 Å². The largest absolute Gasteiger partial charge is 0.337 e. The fourth-order valence-electron chi connectivity index (χ4n) is 2.92. The van der Waals surface area contributed by atoms with Gasteiger partial charge in [0.25, 0.3) is 5.91 Å². The molecule has 0 saturated carbocycles. The topological polar surface area (TPSA) is 63.1 Å². The maximum Gasteiger partial charge on any atom is 0.254 e. The number of carbonyl (C=O) groups excluding carboxylic acids is 1. The van der Waals surface area contributed by atoms with Gasteiger partial charge >= 0.3 is 0 Å². The Kier molecular flexibility index (Phi) is 7.45. The van der Waals surface area contributed by atoms with Crippen LogP contribution in [-0.2, 0) is 0 Å². The molecule has 134 valence electrons. The molecule has 1 N–H and O–H groups in total. The van der Waals surface area contributed by atoms with E-state index in [1.54, 1.807) is 6.20 Å². The lowest BCUT2D eigenvalue weighted by molar-refractivity contribution is 0.0768. The van der Waals surface area contributed by atoms with Gasteiger partial charge in [0.05, 0.1) is 17.1 Å². The fraction of sp³-hybridized carbons (Fsp3) is 0.562. The summed E-state index contributed by atoms with van der Waals surface area (Å²) in [6.07, 6.45) is 2.76. The van der Waals surface area contributed by atoms with Crippen molar-refractivity contribution in [1.29, 1.82) is 0 Å². The van der Waals surface area contributed by atoms with Crippen LogP contribution in [-0.4, -0.2) is 51.8 Å². The van der Waals surface area contributed by atoms with Crippen molar-refractivity contribution < 1.29 is 4.79 Å². The number of nitrogens with one attached hydrogen (secondary N) is 1. The van der Waals surface area contributed by atoms with Gasteiger partial charge in [-0.2, -0.15) is 5.10 Å². The smallest absolute Gasteiger partial charge is 0.254 e. The molecule has 0 radical (unpaired) electrons. The normalized spacial score (nSPS) is 14.9. The van der Waals surface area contributed by atoms with Crippen molar-refractivity contribution in [2.45, 2.75) is 33.2 Å². The number of hydrogen-bond acceptors (Lipinski definition) is 4. The van der Waals surface area contributed by atoms with Crippen LogP contribution in [0.4, 0.5) is 0 Å². The average Bonchev–Trinajstić information content (AvgIpc) is 2.72. The lowest BCUT2D eigenvalue weighted by Crippen LogP contribution is -2.34. The Morgan fingerprint density at radius 3 is 2.71 bits per heavy atom. The zero-order valence-corrected chi connectivity index (χ0v) is 15.9. The van der Waals surface area contributed by atoms with E-state index in [2.05, 4.69) is 29.2 Å². The molecule has 3 rings (SSSR count). The molecule has 2 aromatic rings. The van der Waals surface area contributed by atoms with Gasteiger partial charge in [0.15, 0.2) is 5.65 Å². The summed E-state index contributed by atoms with van der Waals surface area (Å²) < 4.78 is 1.88. The minimum Gasteiger partial charge on any atom is -0.337 e. The number of halogens is 2. The number of fused-ring (bicyclic) bond motifs is 1. The number of hydrogen-bond donors (Lipinski definition) is 1. The number of nitrogens with zero attached hydrogens (tertiary/aromatic N) is 4. The number of pyridine rings is 1. The van der Waals surface area contributed by atoms with Crippen LogP contribution in [0.2, 0.25) is 0 Å². The van der Waals surface area contributed by atoms with Crippen LogP contribution in [0.25, 0.3) is 11.0 Å². The third-order valence-electron chi connectivity index (χ3n) is 4.04. The Balaban J connectivity index is 0.00000144. The van der Waals surface area contributed by atoms with Crippen LogP contribution in [0.15, 0.2) is 12.3 Å². The van der Waals surface area contributed by atoms with Crippen LogP contribution >= 0.6 is 24.8 Å². The van der Waals surface area contributed by atoms with Gasteiger partial charge in [-0.05, 0) is 39.8 Å². The Bertz CT molecular complexity index is 693. The van der Waals surface area contributed by atoms with Gasteiger partial charge in [0, 0.05) is 31.4 Å². The van der Waals surface area contributed by atoms with E-state index in [4.69, 9.17) is 0 Å². The van der Waals surface area contributed by atoms with Gasteiger partial charge < -0.3 is 10.2 Å². The van der Waals surface area contributed by atoms with Crippen molar-refractivity contribution in [2.75, 3.05) is 26.2 Å². The van der Waals surface area contributed by atoms with E-state index in [1.807, 2.05) is 22.6 Å². The molecule has 0 aromatic carbocycles. The van der Waals surface area contributed by atoms with Crippen molar-refractivity contribution in [3.05, 3.63) is 23.5 Å². The molecule has 1 saturated heterocycles. The summed E-state index contributed by atoms with van der Waals surface area (Å²) in [6.45, 7) is 9.44. The van der Waals surface area contributed by atoms with E-state index in [9.17, 15) is 4.79 Å². The van der Waals surface area contributed by atoms with Gasteiger partial charge in [-0.25, -0.2) is 9.67 Å².